The summed E-state index contributed by atoms with van der Waals surface area (Å²) in [5, 5.41) is 2.43. The van der Waals surface area contributed by atoms with E-state index in [1.165, 1.54) is 0 Å². The summed E-state index contributed by atoms with van der Waals surface area (Å²) in [6.45, 7) is 6.02. The summed E-state index contributed by atoms with van der Waals surface area (Å²) in [7, 11) is 1.87. The van der Waals surface area contributed by atoms with Gasteiger partial charge in [-0.25, -0.2) is 9.69 Å². The first-order valence-corrected chi connectivity index (χ1v) is 9.31. The van der Waals surface area contributed by atoms with Crippen LogP contribution in [-0.2, 0) is 16.0 Å². The molecule has 1 N–H and O–H groups in total. The van der Waals surface area contributed by atoms with Crippen LogP contribution in [0.1, 0.15) is 22.3 Å². The average Bonchev–Trinajstić information content (AvgIpc) is 2.61. The number of benzene rings is 2. The summed E-state index contributed by atoms with van der Waals surface area (Å²) in [5.74, 6) is -0.991. The zero-order valence-corrected chi connectivity index (χ0v) is 16.5. The molecule has 2 aromatic carbocycles. The summed E-state index contributed by atoms with van der Waals surface area (Å²) in [6, 6.07) is 10.9. The lowest BCUT2D eigenvalue weighted by molar-refractivity contribution is -0.142. The molecule has 1 atom stereocenters. The third-order valence-corrected chi connectivity index (χ3v) is 5.71. The van der Waals surface area contributed by atoms with E-state index in [1.54, 1.807) is 6.07 Å². The Balaban J connectivity index is 1.82. The number of barbiturate groups is 1. The fraction of sp³-hybridized carbons (Fsp3) is 0.318. The van der Waals surface area contributed by atoms with Gasteiger partial charge >= 0.3 is 6.03 Å². The van der Waals surface area contributed by atoms with Crippen LogP contribution in [0.2, 0.25) is 0 Å². The normalized spacial score (nSPS) is 21.8. The molecule has 1 spiro atoms. The Morgan fingerprint density at radius 2 is 1.57 bits per heavy atom. The molecule has 144 valence electrons. The molecule has 0 aliphatic carbocycles. The number of anilines is 2. The third kappa shape index (κ3) is 2.59. The number of imide groups is 2. The molecule has 1 fully saturated rings. The Kier molecular flexibility index (Phi) is 4.03. The fourth-order valence-corrected chi connectivity index (χ4v) is 4.35. The number of amides is 4. The van der Waals surface area contributed by atoms with E-state index in [9.17, 15) is 14.4 Å². The maximum Gasteiger partial charge on any atom is 0.335 e. The summed E-state index contributed by atoms with van der Waals surface area (Å²) < 4.78 is 0. The monoisotopic (exact) mass is 377 g/mol. The quantitative estimate of drug-likeness (QED) is 0.776. The molecule has 0 aromatic heterocycles. The van der Waals surface area contributed by atoms with Crippen molar-refractivity contribution < 1.29 is 14.4 Å². The summed E-state index contributed by atoms with van der Waals surface area (Å²) in [4.78, 5) is 42.2. The van der Waals surface area contributed by atoms with Crippen molar-refractivity contribution in [2.45, 2.75) is 27.2 Å². The Bertz CT molecular complexity index is 1030. The van der Waals surface area contributed by atoms with E-state index in [4.69, 9.17) is 0 Å². The minimum Gasteiger partial charge on any atom is -0.373 e. The van der Waals surface area contributed by atoms with Crippen LogP contribution in [0.3, 0.4) is 0 Å². The third-order valence-electron chi connectivity index (χ3n) is 5.71. The smallest absolute Gasteiger partial charge is 0.335 e. The Morgan fingerprint density at radius 1 is 0.929 bits per heavy atom. The van der Waals surface area contributed by atoms with E-state index in [0.717, 1.165) is 32.8 Å². The summed E-state index contributed by atoms with van der Waals surface area (Å²) in [5.41, 5.74) is 4.04. The highest BCUT2D eigenvalue weighted by Crippen LogP contribution is 2.41. The molecule has 2 aliphatic heterocycles. The first-order valence-electron chi connectivity index (χ1n) is 9.31. The van der Waals surface area contributed by atoms with Crippen molar-refractivity contribution in [3.63, 3.8) is 0 Å². The average molecular weight is 377 g/mol. The van der Waals surface area contributed by atoms with Crippen LogP contribution in [0.5, 0.6) is 0 Å². The van der Waals surface area contributed by atoms with Crippen LogP contribution in [-0.4, -0.2) is 31.4 Å². The lowest BCUT2D eigenvalue weighted by atomic mass is 9.74. The zero-order valence-electron chi connectivity index (χ0n) is 16.5. The number of urea groups is 1. The lowest BCUT2D eigenvalue weighted by Gasteiger charge is -2.45. The highest BCUT2D eigenvalue weighted by atomic mass is 16.2. The SMILES string of the molecule is Cc1ccc(N2C(=O)NC(=O)[C@]3(Cc4cc(C)ccc4N(C)C3)C2=O)c(C)c1. The summed E-state index contributed by atoms with van der Waals surface area (Å²) >= 11 is 0. The molecular weight excluding hydrogens is 354 g/mol. The second-order valence-corrected chi connectivity index (χ2v) is 7.94. The minimum atomic E-state index is -1.33. The highest BCUT2D eigenvalue weighted by Gasteiger charge is 2.56. The van der Waals surface area contributed by atoms with Crippen molar-refractivity contribution in [3.8, 4) is 0 Å². The van der Waals surface area contributed by atoms with E-state index >= 15 is 0 Å². The van der Waals surface area contributed by atoms with Gasteiger partial charge in [-0.05, 0) is 50.5 Å². The highest BCUT2D eigenvalue weighted by molar-refractivity contribution is 6.30. The van der Waals surface area contributed by atoms with Gasteiger partial charge < -0.3 is 4.90 Å². The second kappa shape index (κ2) is 6.19. The van der Waals surface area contributed by atoms with Crippen LogP contribution < -0.4 is 15.1 Å². The number of hydrogen-bond acceptors (Lipinski definition) is 4. The maximum atomic E-state index is 13.6. The molecular formula is C22H23N3O3. The van der Waals surface area contributed by atoms with Crippen LogP contribution >= 0.6 is 0 Å². The molecule has 6 heteroatoms. The van der Waals surface area contributed by atoms with Gasteiger partial charge in [0.15, 0.2) is 5.41 Å². The predicted molar refractivity (Wildman–Crippen MR) is 108 cm³/mol. The van der Waals surface area contributed by atoms with Crippen LogP contribution in [0.15, 0.2) is 36.4 Å². The van der Waals surface area contributed by atoms with Gasteiger partial charge in [0.1, 0.15) is 0 Å². The van der Waals surface area contributed by atoms with Gasteiger partial charge in [0.25, 0.3) is 5.91 Å². The topological polar surface area (TPSA) is 69.7 Å². The maximum absolute atomic E-state index is 13.6. The molecule has 0 saturated carbocycles. The molecule has 2 aliphatic rings. The van der Waals surface area contributed by atoms with E-state index in [0.29, 0.717) is 5.69 Å². The fourth-order valence-electron chi connectivity index (χ4n) is 4.35. The molecule has 4 rings (SSSR count). The number of carbonyl (C=O) groups is 3. The predicted octanol–water partition coefficient (Wildman–Crippen LogP) is 2.87. The van der Waals surface area contributed by atoms with Gasteiger partial charge in [-0.1, -0.05) is 35.4 Å². The molecule has 28 heavy (non-hydrogen) atoms. The standard InChI is InChI=1S/C22H23N3O3/c1-13-5-7-17(15(3)9-13)25-20(27)22(19(26)23-21(25)28)11-16-10-14(2)6-8-18(16)24(4)12-22/h5-10H,11-12H2,1-4H3,(H,23,26,28)/t22-/m1/s1. The molecule has 0 unspecified atom stereocenters. The largest absolute Gasteiger partial charge is 0.373 e. The molecule has 0 radical (unpaired) electrons. The van der Waals surface area contributed by atoms with E-state index in [2.05, 4.69) is 5.32 Å². The van der Waals surface area contributed by atoms with Crippen LogP contribution in [0.25, 0.3) is 0 Å². The van der Waals surface area contributed by atoms with Crippen LogP contribution in [0, 0.1) is 26.2 Å². The Labute approximate surface area is 164 Å². The van der Waals surface area contributed by atoms with Gasteiger partial charge in [0, 0.05) is 19.3 Å². The van der Waals surface area contributed by atoms with Crippen molar-refractivity contribution in [3.05, 3.63) is 58.7 Å². The number of nitrogens with zero attached hydrogens (tertiary/aromatic N) is 2. The number of nitrogens with one attached hydrogen (secondary N) is 1. The van der Waals surface area contributed by atoms with Crippen molar-refractivity contribution in [1.29, 1.82) is 0 Å². The number of aryl methyl sites for hydroxylation is 3. The minimum absolute atomic E-state index is 0.225. The van der Waals surface area contributed by atoms with Gasteiger partial charge in [0.2, 0.25) is 5.91 Å². The van der Waals surface area contributed by atoms with Crippen molar-refractivity contribution in [1.82, 2.24) is 5.32 Å². The number of carbonyl (C=O) groups excluding carboxylic acids is 3. The van der Waals surface area contributed by atoms with E-state index in [-0.39, 0.29) is 13.0 Å². The van der Waals surface area contributed by atoms with Crippen molar-refractivity contribution >= 4 is 29.2 Å². The van der Waals surface area contributed by atoms with E-state index in [1.807, 2.05) is 63.1 Å². The second-order valence-electron chi connectivity index (χ2n) is 7.94. The molecule has 0 bridgehead atoms. The first-order chi connectivity index (χ1) is 13.2. The van der Waals surface area contributed by atoms with Crippen molar-refractivity contribution in [2.75, 3.05) is 23.4 Å². The Morgan fingerprint density at radius 3 is 2.25 bits per heavy atom. The number of fused-ring (bicyclic) bond motifs is 1. The van der Waals surface area contributed by atoms with Crippen LogP contribution in [0.4, 0.5) is 16.2 Å². The molecule has 2 aromatic rings. The van der Waals surface area contributed by atoms with E-state index < -0.39 is 23.3 Å². The lowest BCUT2D eigenvalue weighted by Crippen LogP contribution is -2.68. The van der Waals surface area contributed by atoms with Gasteiger partial charge in [-0.3, -0.25) is 14.9 Å². The Hall–Kier alpha value is -3.15. The molecule has 6 nitrogen and oxygen atoms in total. The zero-order chi connectivity index (χ0) is 20.2. The first kappa shape index (κ1) is 18.2. The summed E-state index contributed by atoms with van der Waals surface area (Å²) in [6.07, 6.45) is 0.272. The van der Waals surface area contributed by atoms with Gasteiger partial charge in [-0.2, -0.15) is 0 Å². The molecule has 2 heterocycles. The number of rotatable bonds is 1. The molecule has 1 saturated heterocycles. The number of hydrogen-bond donors (Lipinski definition) is 1. The van der Waals surface area contributed by atoms with Gasteiger partial charge in [0.05, 0.1) is 5.69 Å². The molecule has 4 amide bonds. The van der Waals surface area contributed by atoms with Crippen molar-refractivity contribution in [2.24, 2.45) is 5.41 Å². The van der Waals surface area contributed by atoms with Gasteiger partial charge in [-0.15, -0.1) is 0 Å².